The Labute approximate surface area is 151 Å². The summed E-state index contributed by atoms with van der Waals surface area (Å²) in [6, 6.07) is 8.52. The van der Waals surface area contributed by atoms with Crippen molar-refractivity contribution < 1.29 is 14.1 Å². The summed E-state index contributed by atoms with van der Waals surface area (Å²) in [6.45, 7) is 4.10. The Morgan fingerprint density at radius 1 is 1.24 bits per heavy atom. The molecule has 1 fully saturated rings. The first-order chi connectivity index (χ1) is 12.1. The zero-order valence-corrected chi connectivity index (χ0v) is 14.5. The van der Waals surface area contributed by atoms with Crippen LogP contribution < -0.4 is 4.90 Å². The highest BCUT2D eigenvalue weighted by atomic mass is 35.5. The summed E-state index contributed by atoms with van der Waals surface area (Å²) in [5.74, 6) is -0.537. The molecule has 1 aromatic heterocycles. The van der Waals surface area contributed by atoms with Gasteiger partial charge in [0.25, 0.3) is 0 Å². The van der Waals surface area contributed by atoms with E-state index in [2.05, 4.69) is 4.98 Å². The summed E-state index contributed by atoms with van der Waals surface area (Å²) in [4.78, 5) is 19.6. The lowest BCUT2D eigenvalue weighted by Crippen LogP contribution is -3.13. The van der Waals surface area contributed by atoms with Crippen LogP contribution in [0.25, 0.3) is 6.08 Å². The molecule has 1 aliphatic heterocycles. The van der Waals surface area contributed by atoms with Gasteiger partial charge in [0.1, 0.15) is 12.4 Å². The van der Waals surface area contributed by atoms with Gasteiger partial charge in [0, 0.05) is 29.6 Å². The van der Waals surface area contributed by atoms with E-state index in [1.165, 1.54) is 28.7 Å². The molecule has 0 aliphatic carbocycles. The van der Waals surface area contributed by atoms with Crippen LogP contribution in [0.4, 0.5) is 4.39 Å². The fraction of sp³-hybridized carbons (Fsp3) is 0.263. The topological polar surface area (TPSA) is 37.6 Å². The van der Waals surface area contributed by atoms with Crippen LogP contribution in [-0.2, 0) is 11.3 Å². The van der Waals surface area contributed by atoms with E-state index in [-0.39, 0.29) is 11.5 Å². The first kappa shape index (κ1) is 17.6. The van der Waals surface area contributed by atoms with Crippen LogP contribution in [0, 0.1) is 5.82 Å². The second kappa shape index (κ2) is 8.23. The molecule has 0 bridgehead atoms. The van der Waals surface area contributed by atoms with E-state index in [1.807, 2.05) is 12.1 Å². The van der Waals surface area contributed by atoms with Crippen LogP contribution in [0.2, 0.25) is 5.02 Å². The van der Waals surface area contributed by atoms with Gasteiger partial charge in [-0.1, -0.05) is 17.7 Å². The number of hydrogen-bond acceptors (Lipinski definition) is 2. The molecule has 2 aromatic rings. The van der Waals surface area contributed by atoms with Crippen molar-refractivity contribution in [1.82, 2.24) is 9.88 Å². The lowest BCUT2D eigenvalue weighted by atomic mass is 10.2. The van der Waals surface area contributed by atoms with E-state index in [4.69, 9.17) is 11.6 Å². The van der Waals surface area contributed by atoms with E-state index >= 15 is 0 Å². The molecule has 1 N–H and O–H groups in total. The van der Waals surface area contributed by atoms with E-state index in [0.29, 0.717) is 18.1 Å². The van der Waals surface area contributed by atoms with Crippen LogP contribution in [0.3, 0.4) is 0 Å². The van der Waals surface area contributed by atoms with E-state index < -0.39 is 5.82 Å². The molecular formula is C19H20ClFN3O+. The average Bonchev–Trinajstić information content (AvgIpc) is 2.62. The number of benzene rings is 1. The van der Waals surface area contributed by atoms with Gasteiger partial charge in [-0.05, 0) is 30.3 Å². The number of quaternary nitrogens is 1. The molecule has 0 unspecified atom stereocenters. The molecule has 0 saturated carbocycles. The van der Waals surface area contributed by atoms with Crippen molar-refractivity contribution in [3.63, 3.8) is 0 Å². The first-order valence-corrected chi connectivity index (χ1v) is 8.65. The molecule has 25 heavy (non-hydrogen) atoms. The van der Waals surface area contributed by atoms with Gasteiger partial charge in [0.2, 0.25) is 5.91 Å². The third-order valence-corrected chi connectivity index (χ3v) is 4.71. The zero-order valence-electron chi connectivity index (χ0n) is 13.8. The predicted octanol–water partition coefficient (Wildman–Crippen LogP) is 1.81. The summed E-state index contributed by atoms with van der Waals surface area (Å²) >= 11 is 5.97. The molecule has 1 amide bonds. The van der Waals surface area contributed by atoms with Crippen molar-refractivity contribution in [1.29, 1.82) is 0 Å². The highest BCUT2D eigenvalue weighted by molar-refractivity contribution is 6.32. The maximum atomic E-state index is 13.7. The molecular weight excluding hydrogens is 341 g/mol. The standard InChI is InChI=1S/C19H19ClFN3O/c20-17-2-1-3-18(21)16(17)4-5-19(25)24-12-10-23(11-13-24)14-15-6-8-22-9-7-15/h1-9H,10-14H2/p+1/b5-4+. The lowest BCUT2D eigenvalue weighted by Gasteiger charge is -2.31. The predicted molar refractivity (Wildman–Crippen MR) is 95.7 cm³/mol. The highest BCUT2D eigenvalue weighted by Gasteiger charge is 2.22. The van der Waals surface area contributed by atoms with Crippen molar-refractivity contribution in [3.05, 3.63) is 70.8 Å². The molecule has 0 spiro atoms. The number of halogens is 2. The fourth-order valence-electron chi connectivity index (χ4n) is 2.94. The molecule has 3 rings (SSSR count). The SMILES string of the molecule is O=C(/C=C/c1c(F)cccc1Cl)N1CC[NH+](Cc2ccncc2)CC1. The Morgan fingerprint density at radius 2 is 1.96 bits per heavy atom. The van der Waals surface area contributed by atoms with E-state index in [0.717, 1.165) is 19.6 Å². The Morgan fingerprint density at radius 3 is 2.64 bits per heavy atom. The fourth-order valence-corrected chi connectivity index (χ4v) is 3.17. The maximum absolute atomic E-state index is 13.7. The molecule has 2 heterocycles. The summed E-state index contributed by atoms with van der Waals surface area (Å²) in [6.07, 6.45) is 6.45. The number of nitrogens with one attached hydrogen (secondary N) is 1. The number of nitrogens with zero attached hydrogens (tertiary/aromatic N) is 2. The molecule has 130 valence electrons. The van der Waals surface area contributed by atoms with Crippen LogP contribution in [0.1, 0.15) is 11.1 Å². The Kier molecular flexibility index (Phi) is 5.79. The number of hydrogen-bond donors (Lipinski definition) is 1. The number of carbonyl (C=O) groups is 1. The van der Waals surface area contributed by atoms with Gasteiger partial charge in [-0.2, -0.15) is 0 Å². The molecule has 6 heteroatoms. The van der Waals surface area contributed by atoms with Gasteiger partial charge < -0.3 is 9.80 Å². The van der Waals surface area contributed by atoms with Crippen LogP contribution in [0.5, 0.6) is 0 Å². The van der Waals surface area contributed by atoms with E-state index in [1.54, 1.807) is 29.4 Å². The van der Waals surface area contributed by atoms with Crippen LogP contribution in [-0.4, -0.2) is 42.0 Å². The van der Waals surface area contributed by atoms with Crippen molar-refractivity contribution in [2.24, 2.45) is 0 Å². The van der Waals surface area contributed by atoms with Crippen molar-refractivity contribution >= 4 is 23.6 Å². The number of pyridine rings is 1. The number of piperazine rings is 1. The number of rotatable bonds is 4. The van der Waals surface area contributed by atoms with Crippen LogP contribution >= 0.6 is 11.6 Å². The van der Waals surface area contributed by atoms with Gasteiger partial charge in [0.15, 0.2) is 0 Å². The van der Waals surface area contributed by atoms with Gasteiger partial charge in [0.05, 0.1) is 31.2 Å². The van der Waals surface area contributed by atoms with Crippen LogP contribution in [0.15, 0.2) is 48.8 Å². The van der Waals surface area contributed by atoms with Gasteiger partial charge in [-0.25, -0.2) is 4.39 Å². The number of aromatic nitrogens is 1. The smallest absolute Gasteiger partial charge is 0.246 e. The van der Waals surface area contributed by atoms with Crippen molar-refractivity contribution in [2.75, 3.05) is 26.2 Å². The number of amides is 1. The molecule has 1 aromatic carbocycles. The Hall–Kier alpha value is -2.24. The first-order valence-electron chi connectivity index (χ1n) is 8.27. The van der Waals surface area contributed by atoms with Crippen molar-refractivity contribution in [2.45, 2.75) is 6.54 Å². The highest BCUT2D eigenvalue weighted by Crippen LogP contribution is 2.20. The quantitative estimate of drug-likeness (QED) is 0.844. The van der Waals surface area contributed by atoms with Crippen molar-refractivity contribution in [3.8, 4) is 0 Å². The molecule has 0 atom stereocenters. The summed E-state index contributed by atoms with van der Waals surface area (Å²) in [5.41, 5.74) is 1.50. The second-order valence-corrected chi connectivity index (χ2v) is 6.48. The Balaban J connectivity index is 1.54. The summed E-state index contributed by atoms with van der Waals surface area (Å²) in [7, 11) is 0. The third kappa shape index (κ3) is 4.65. The largest absolute Gasteiger partial charge is 0.328 e. The molecule has 1 saturated heterocycles. The van der Waals surface area contributed by atoms with Gasteiger partial charge >= 0.3 is 0 Å². The number of carbonyl (C=O) groups excluding carboxylic acids is 1. The normalized spacial score (nSPS) is 15.7. The maximum Gasteiger partial charge on any atom is 0.246 e. The third-order valence-electron chi connectivity index (χ3n) is 4.38. The van der Waals surface area contributed by atoms with Gasteiger partial charge in [-0.15, -0.1) is 0 Å². The summed E-state index contributed by atoms with van der Waals surface area (Å²) in [5, 5.41) is 0.302. The zero-order chi connectivity index (χ0) is 17.6. The lowest BCUT2D eigenvalue weighted by molar-refractivity contribution is -0.917. The minimum absolute atomic E-state index is 0.109. The molecule has 1 aliphatic rings. The Bertz CT molecular complexity index is 738. The monoisotopic (exact) mass is 360 g/mol. The molecule has 0 radical (unpaired) electrons. The van der Waals surface area contributed by atoms with Gasteiger partial charge in [-0.3, -0.25) is 9.78 Å². The van der Waals surface area contributed by atoms with E-state index in [9.17, 15) is 9.18 Å². The minimum atomic E-state index is -0.428. The summed E-state index contributed by atoms with van der Waals surface area (Å²) < 4.78 is 13.7. The molecule has 4 nitrogen and oxygen atoms in total. The average molecular weight is 361 g/mol. The second-order valence-electron chi connectivity index (χ2n) is 6.08. The minimum Gasteiger partial charge on any atom is -0.328 e.